The molecule has 0 aliphatic rings. The Morgan fingerprint density at radius 2 is 1.92 bits per heavy atom. The van der Waals surface area contributed by atoms with Crippen molar-refractivity contribution in [2.24, 2.45) is 5.92 Å². The van der Waals surface area contributed by atoms with E-state index in [2.05, 4.69) is 6.92 Å². The van der Waals surface area contributed by atoms with Crippen molar-refractivity contribution in [1.29, 1.82) is 0 Å². The second-order valence-electron chi connectivity index (χ2n) is 3.13. The quantitative estimate of drug-likeness (QED) is 0.414. The predicted molar refractivity (Wildman–Crippen MR) is 49.0 cm³/mol. The zero-order valence-corrected chi connectivity index (χ0v) is 7.79. The number of aldehydes is 2. The molecule has 0 spiro atoms. The average molecular weight is 170 g/mol. The Morgan fingerprint density at radius 1 is 1.17 bits per heavy atom. The molecule has 0 rings (SSSR count). The van der Waals surface area contributed by atoms with E-state index in [1.54, 1.807) is 0 Å². The summed E-state index contributed by atoms with van der Waals surface area (Å²) in [6.45, 7) is 2.11. The fourth-order valence-corrected chi connectivity index (χ4v) is 1.29. The monoisotopic (exact) mass is 170 g/mol. The van der Waals surface area contributed by atoms with E-state index in [-0.39, 0.29) is 0 Å². The summed E-state index contributed by atoms with van der Waals surface area (Å²) in [6.07, 6.45) is 7.50. The Kier molecular flexibility index (Phi) is 7.97. The maximum Gasteiger partial charge on any atom is 0.120 e. The van der Waals surface area contributed by atoms with Crippen LogP contribution in [0.15, 0.2) is 0 Å². The van der Waals surface area contributed by atoms with Crippen LogP contribution in [0, 0.1) is 5.92 Å². The Bertz CT molecular complexity index is 121. The van der Waals surface area contributed by atoms with Crippen LogP contribution in [0.3, 0.4) is 0 Å². The molecule has 0 saturated carbocycles. The highest BCUT2D eigenvalue weighted by Gasteiger charge is 2.04. The zero-order chi connectivity index (χ0) is 9.23. The van der Waals surface area contributed by atoms with Crippen molar-refractivity contribution in [2.45, 2.75) is 45.4 Å². The molecule has 0 amide bonds. The minimum absolute atomic E-state index is 0.536. The van der Waals surface area contributed by atoms with Crippen LogP contribution in [-0.2, 0) is 9.59 Å². The van der Waals surface area contributed by atoms with Crippen LogP contribution in [0.25, 0.3) is 0 Å². The van der Waals surface area contributed by atoms with Gasteiger partial charge in [-0.15, -0.1) is 0 Å². The van der Waals surface area contributed by atoms with Gasteiger partial charge in [-0.25, -0.2) is 0 Å². The molecule has 0 fully saturated rings. The molecule has 0 aliphatic heterocycles. The highest BCUT2D eigenvalue weighted by Crippen LogP contribution is 2.15. The number of unbranched alkanes of at least 4 members (excludes halogenated alkanes) is 2. The molecule has 12 heavy (non-hydrogen) atoms. The molecule has 0 aromatic heterocycles. The fraction of sp³-hybridized carbons (Fsp3) is 0.800. The van der Waals surface area contributed by atoms with Gasteiger partial charge in [0.05, 0.1) is 0 Å². The first-order valence-corrected chi connectivity index (χ1v) is 4.72. The van der Waals surface area contributed by atoms with Crippen molar-refractivity contribution >= 4 is 12.6 Å². The molecule has 0 radical (unpaired) electrons. The summed E-state index contributed by atoms with van der Waals surface area (Å²) in [5.41, 5.74) is 0. The van der Waals surface area contributed by atoms with Crippen molar-refractivity contribution in [3.8, 4) is 0 Å². The Morgan fingerprint density at radius 3 is 2.42 bits per heavy atom. The van der Waals surface area contributed by atoms with E-state index in [1.165, 1.54) is 0 Å². The topological polar surface area (TPSA) is 34.1 Å². The molecule has 0 aromatic carbocycles. The number of hydrogen-bond donors (Lipinski definition) is 0. The van der Waals surface area contributed by atoms with E-state index >= 15 is 0 Å². The van der Waals surface area contributed by atoms with Gasteiger partial charge in [-0.2, -0.15) is 0 Å². The third-order valence-electron chi connectivity index (χ3n) is 2.19. The van der Waals surface area contributed by atoms with Gasteiger partial charge in [-0.1, -0.05) is 26.2 Å². The van der Waals surface area contributed by atoms with Crippen LogP contribution in [-0.4, -0.2) is 12.6 Å². The minimum Gasteiger partial charge on any atom is -0.303 e. The number of hydrogen-bond acceptors (Lipinski definition) is 2. The van der Waals surface area contributed by atoms with Crippen molar-refractivity contribution in [3.05, 3.63) is 0 Å². The molecule has 2 nitrogen and oxygen atoms in total. The van der Waals surface area contributed by atoms with Gasteiger partial charge >= 0.3 is 0 Å². The van der Waals surface area contributed by atoms with Gasteiger partial charge in [0.2, 0.25) is 0 Å². The van der Waals surface area contributed by atoms with E-state index in [9.17, 15) is 9.59 Å². The average Bonchev–Trinajstić information content (AvgIpc) is 2.10. The van der Waals surface area contributed by atoms with Crippen LogP contribution >= 0.6 is 0 Å². The van der Waals surface area contributed by atoms with Crippen LogP contribution in [0.1, 0.15) is 45.4 Å². The summed E-state index contributed by atoms with van der Waals surface area (Å²) < 4.78 is 0. The highest BCUT2D eigenvalue weighted by molar-refractivity contribution is 5.49. The Hall–Kier alpha value is -0.660. The summed E-state index contributed by atoms with van der Waals surface area (Å²) >= 11 is 0. The number of carbonyl (C=O) groups excluding carboxylic acids is 2. The molecular formula is C10H18O2. The summed E-state index contributed by atoms with van der Waals surface area (Å²) in [6, 6.07) is 0. The summed E-state index contributed by atoms with van der Waals surface area (Å²) in [7, 11) is 0. The molecule has 0 aromatic rings. The summed E-state index contributed by atoms with van der Waals surface area (Å²) in [4.78, 5) is 20.2. The van der Waals surface area contributed by atoms with Gasteiger partial charge in [0.15, 0.2) is 0 Å². The predicted octanol–water partition coefficient (Wildman–Crippen LogP) is 2.36. The number of carbonyl (C=O) groups is 2. The smallest absolute Gasteiger partial charge is 0.120 e. The van der Waals surface area contributed by atoms with Crippen LogP contribution in [0.2, 0.25) is 0 Å². The molecule has 0 heterocycles. The largest absolute Gasteiger partial charge is 0.303 e. The van der Waals surface area contributed by atoms with Gasteiger partial charge < -0.3 is 9.59 Å². The van der Waals surface area contributed by atoms with Gasteiger partial charge in [0.1, 0.15) is 12.6 Å². The van der Waals surface area contributed by atoms with Crippen LogP contribution in [0.5, 0.6) is 0 Å². The third-order valence-corrected chi connectivity index (χ3v) is 2.19. The Labute approximate surface area is 74.3 Å². The molecule has 70 valence electrons. The lowest BCUT2D eigenvalue weighted by molar-refractivity contribution is -0.109. The Balaban J connectivity index is 3.30. The van der Waals surface area contributed by atoms with Gasteiger partial charge in [0.25, 0.3) is 0 Å². The van der Waals surface area contributed by atoms with E-state index in [0.717, 1.165) is 38.3 Å². The first-order valence-electron chi connectivity index (χ1n) is 4.72. The molecule has 1 unspecified atom stereocenters. The third kappa shape index (κ3) is 6.08. The second-order valence-corrected chi connectivity index (χ2v) is 3.13. The molecule has 0 bridgehead atoms. The molecule has 0 saturated heterocycles. The summed E-state index contributed by atoms with van der Waals surface area (Å²) in [5, 5.41) is 0. The molecule has 1 atom stereocenters. The molecule has 0 N–H and O–H groups in total. The normalized spacial score (nSPS) is 12.4. The minimum atomic E-state index is 0.536. The SMILES string of the molecule is CCC(CC=O)CCCCC=O. The number of rotatable bonds is 8. The first kappa shape index (κ1) is 11.3. The summed E-state index contributed by atoms with van der Waals surface area (Å²) in [5.74, 6) is 0.536. The van der Waals surface area contributed by atoms with E-state index in [1.807, 2.05) is 0 Å². The van der Waals surface area contributed by atoms with E-state index in [4.69, 9.17) is 0 Å². The maximum absolute atomic E-state index is 10.2. The van der Waals surface area contributed by atoms with Crippen LogP contribution in [0.4, 0.5) is 0 Å². The van der Waals surface area contributed by atoms with Gasteiger partial charge in [-0.05, 0) is 12.3 Å². The van der Waals surface area contributed by atoms with Crippen LogP contribution < -0.4 is 0 Å². The molecule has 2 heteroatoms. The molecular weight excluding hydrogens is 152 g/mol. The highest BCUT2D eigenvalue weighted by atomic mass is 16.1. The maximum atomic E-state index is 10.2. The van der Waals surface area contributed by atoms with E-state index < -0.39 is 0 Å². The lowest BCUT2D eigenvalue weighted by Crippen LogP contribution is -1.99. The van der Waals surface area contributed by atoms with Crippen molar-refractivity contribution < 1.29 is 9.59 Å². The lowest BCUT2D eigenvalue weighted by Gasteiger charge is -2.09. The van der Waals surface area contributed by atoms with Crippen molar-refractivity contribution in [3.63, 3.8) is 0 Å². The standard InChI is InChI=1S/C10H18O2/c1-2-10(7-9-12)6-4-3-5-8-11/h8-10H,2-7H2,1H3. The van der Waals surface area contributed by atoms with Crippen molar-refractivity contribution in [1.82, 2.24) is 0 Å². The zero-order valence-electron chi connectivity index (χ0n) is 7.79. The first-order chi connectivity index (χ1) is 5.85. The van der Waals surface area contributed by atoms with Gasteiger partial charge in [0, 0.05) is 12.8 Å². The second kappa shape index (κ2) is 8.44. The van der Waals surface area contributed by atoms with Gasteiger partial charge in [-0.3, -0.25) is 0 Å². The van der Waals surface area contributed by atoms with Crippen molar-refractivity contribution in [2.75, 3.05) is 0 Å². The fourth-order valence-electron chi connectivity index (χ4n) is 1.29. The molecule has 0 aliphatic carbocycles. The lowest BCUT2D eigenvalue weighted by atomic mass is 9.96. The van der Waals surface area contributed by atoms with E-state index in [0.29, 0.717) is 18.8 Å².